The first kappa shape index (κ1) is 22.7. The second-order valence-corrected chi connectivity index (χ2v) is 8.66. The van der Waals surface area contributed by atoms with Crippen LogP contribution in [0.25, 0.3) is 11.6 Å². The number of fused-ring (bicyclic) bond motifs is 1. The zero-order valence-corrected chi connectivity index (χ0v) is 18.6. The molecular formula is C24H25F2N3O4. The number of hydrogen-bond donors (Lipinski definition) is 3. The molecule has 2 unspecified atom stereocenters. The first-order valence-electron chi connectivity index (χ1n) is 10.8. The van der Waals surface area contributed by atoms with Crippen molar-refractivity contribution >= 4 is 35.1 Å². The maximum atomic E-state index is 14.4. The highest BCUT2D eigenvalue weighted by Gasteiger charge is 2.30. The molecule has 174 valence electrons. The molecule has 9 heteroatoms. The van der Waals surface area contributed by atoms with Crippen LogP contribution < -0.4 is 10.6 Å². The summed E-state index contributed by atoms with van der Waals surface area (Å²) in [7, 11) is 0. The zero-order chi connectivity index (χ0) is 23.9. The molecule has 0 bridgehead atoms. The Kier molecular flexibility index (Phi) is 6.05. The van der Waals surface area contributed by atoms with Gasteiger partial charge in [0.1, 0.15) is 6.10 Å². The van der Waals surface area contributed by atoms with Crippen LogP contribution in [0.5, 0.6) is 0 Å². The lowest BCUT2D eigenvalue weighted by Gasteiger charge is -2.26. The maximum Gasteiger partial charge on any atom is 0.306 e. The van der Waals surface area contributed by atoms with Gasteiger partial charge in [-0.1, -0.05) is 6.92 Å². The van der Waals surface area contributed by atoms with Gasteiger partial charge in [0.05, 0.1) is 16.8 Å². The summed E-state index contributed by atoms with van der Waals surface area (Å²) >= 11 is 0. The van der Waals surface area contributed by atoms with E-state index in [1.807, 2.05) is 6.92 Å². The number of carbonyl (C=O) groups excluding carboxylic acids is 3. The molecule has 0 aliphatic carbocycles. The second-order valence-electron chi connectivity index (χ2n) is 8.66. The van der Waals surface area contributed by atoms with E-state index in [0.29, 0.717) is 41.9 Å². The Balaban J connectivity index is 1.51. The van der Waals surface area contributed by atoms with E-state index >= 15 is 0 Å². The molecule has 2 aliphatic heterocycles. The van der Waals surface area contributed by atoms with Crippen LogP contribution in [0.2, 0.25) is 0 Å². The van der Waals surface area contributed by atoms with Gasteiger partial charge in [-0.15, -0.1) is 0 Å². The van der Waals surface area contributed by atoms with Crippen molar-refractivity contribution in [2.45, 2.75) is 46.1 Å². The van der Waals surface area contributed by atoms with E-state index in [1.165, 1.54) is 12.1 Å². The average molecular weight is 457 g/mol. The van der Waals surface area contributed by atoms with Gasteiger partial charge in [0.2, 0.25) is 0 Å². The third-order valence-electron chi connectivity index (χ3n) is 6.08. The van der Waals surface area contributed by atoms with Gasteiger partial charge in [-0.2, -0.15) is 0 Å². The number of anilines is 1. The number of esters is 1. The van der Waals surface area contributed by atoms with Gasteiger partial charge in [0.25, 0.3) is 11.8 Å². The molecule has 1 aromatic heterocycles. The molecule has 1 aromatic carbocycles. The van der Waals surface area contributed by atoms with Crippen molar-refractivity contribution in [2.24, 2.45) is 5.92 Å². The molecule has 0 saturated carbocycles. The lowest BCUT2D eigenvalue weighted by molar-refractivity contribution is -0.156. The number of aryl methyl sites for hydroxylation is 1. The van der Waals surface area contributed by atoms with Crippen LogP contribution in [0.3, 0.4) is 0 Å². The number of cyclic esters (lactones) is 1. The minimum Gasteiger partial charge on any atom is -0.462 e. The number of aromatic nitrogens is 1. The fraction of sp³-hybridized carbons (Fsp3) is 0.375. The van der Waals surface area contributed by atoms with Gasteiger partial charge in [-0.3, -0.25) is 14.4 Å². The Morgan fingerprint density at radius 3 is 2.76 bits per heavy atom. The van der Waals surface area contributed by atoms with Gasteiger partial charge >= 0.3 is 5.97 Å². The summed E-state index contributed by atoms with van der Waals surface area (Å²) < 4.78 is 33.4. The lowest BCUT2D eigenvalue weighted by atomic mass is 9.95. The highest BCUT2D eigenvalue weighted by molar-refractivity contribution is 6.35. The van der Waals surface area contributed by atoms with E-state index in [4.69, 9.17) is 4.74 Å². The maximum absolute atomic E-state index is 14.4. The van der Waals surface area contributed by atoms with Gasteiger partial charge in [-0.25, -0.2) is 8.78 Å². The smallest absolute Gasteiger partial charge is 0.306 e. The Bertz CT molecular complexity index is 1180. The van der Waals surface area contributed by atoms with Crippen LogP contribution in [-0.4, -0.2) is 35.4 Å². The Hall–Kier alpha value is -3.49. The van der Waals surface area contributed by atoms with Gasteiger partial charge in [-0.05, 0) is 50.0 Å². The Morgan fingerprint density at radius 2 is 2.03 bits per heavy atom. The molecule has 2 aromatic rings. The summed E-state index contributed by atoms with van der Waals surface area (Å²) in [6.45, 7) is 5.77. The van der Waals surface area contributed by atoms with E-state index in [-0.39, 0.29) is 40.7 Å². The Labute approximate surface area is 189 Å². The molecule has 2 amide bonds. The van der Waals surface area contributed by atoms with Crippen molar-refractivity contribution in [3.8, 4) is 0 Å². The molecule has 0 radical (unpaired) electrons. The molecule has 7 nitrogen and oxygen atoms in total. The van der Waals surface area contributed by atoms with Crippen molar-refractivity contribution < 1.29 is 27.9 Å². The summed E-state index contributed by atoms with van der Waals surface area (Å²) in [5.74, 6) is -2.97. The molecule has 3 N–H and O–H groups in total. The van der Waals surface area contributed by atoms with Crippen LogP contribution in [0.15, 0.2) is 12.1 Å². The van der Waals surface area contributed by atoms with Crippen molar-refractivity contribution in [1.29, 1.82) is 0 Å². The second kappa shape index (κ2) is 8.80. The molecule has 2 atom stereocenters. The topological polar surface area (TPSA) is 100 Å². The number of carbonyl (C=O) groups is 3. The standard InChI is InChI=1S/C24H25F2N3O4/c1-11-8-14(33-19(30)9-11)6-7-27-24(32)20-12(2)18(28-13(20)3)10-15-21-17(29-23(15)31)5-4-16(25)22(21)26/h4-5,10-11,14,28H,6-9H2,1-3H3,(H,27,32)(H,29,31)/b15-10-. The van der Waals surface area contributed by atoms with Gasteiger partial charge in [0.15, 0.2) is 11.6 Å². The number of hydrogen-bond acceptors (Lipinski definition) is 4. The van der Waals surface area contributed by atoms with Crippen molar-refractivity contribution in [3.63, 3.8) is 0 Å². The molecule has 1 saturated heterocycles. The average Bonchev–Trinajstić information content (AvgIpc) is 3.20. The largest absolute Gasteiger partial charge is 0.462 e. The number of nitrogens with one attached hydrogen (secondary N) is 3. The van der Waals surface area contributed by atoms with Crippen LogP contribution in [-0.2, 0) is 14.3 Å². The highest BCUT2D eigenvalue weighted by atomic mass is 19.2. The summed E-state index contributed by atoms with van der Waals surface area (Å²) in [5.41, 5.74) is 2.06. The van der Waals surface area contributed by atoms with Crippen LogP contribution in [0, 0.1) is 31.4 Å². The zero-order valence-electron chi connectivity index (χ0n) is 18.6. The van der Waals surface area contributed by atoms with Crippen LogP contribution in [0.1, 0.15) is 59.1 Å². The van der Waals surface area contributed by atoms with E-state index in [0.717, 1.165) is 12.5 Å². The third-order valence-corrected chi connectivity index (χ3v) is 6.08. The van der Waals surface area contributed by atoms with Crippen LogP contribution in [0.4, 0.5) is 14.5 Å². The molecule has 33 heavy (non-hydrogen) atoms. The number of halogens is 2. The molecule has 3 heterocycles. The minimum absolute atomic E-state index is 0.0217. The number of aromatic amines is 1. The summed E-state index contributed by atoms with van der Waals surface area (Å²) in [4.78, 5) is 39.8. The van der Waals surface area contributed by atoms with E-state index in [2.05, 4.69) is 15.6 Å². The molecule has 0 spiro atoms. The molecule has 1 fully saturated rings. The summed E-state index contributed by atoms with van der Waals surface area (Å²) in [6, 6.07) is 2.27. The van der Waals surface area contributed by atoms with E-state index < -0.39 is 17.5 Å². The number of amides is 2. The summed E-state index contributed by atoms with van der Waals surface area (Å²) in [6.07, 6.45) is 2.91. The van der Waals surface area contributed by atoms with Crippen molar-refractivity contribution in [3.05, 3.63) is 51.8 Å². The fourth-order valence-electron chi connectivity index (χ4n) is 4.47. The first-order chi connectivity index (χ1) is 15.7. The highest BCUT2D eigenvalue weighted by Crippen LogP contribution is 2.36. The quantitative estimate of drug-likeness (QED) is 0.469. The molecule has 4 rings (SSSR count). The van der Waals surface area contributed by atoms with Crippen molar-refractivity contribution in [1.82, 2.24) is 10.3 Å². The van der Waals surface area contributed by atoms with Gasteiger partial charge < -0.3 is 20.4 Å². The Morgan fingerprint density at radius 1 is 1.27 bits per heavy atom. The monoisotopic (exact) mass is 457 g/mol. The normalized spacial score (nSPS) is 21.1. The summed E-state index contributed by atoms with van der Waals surface area (Å²) in [5, 5.41) is 5.37. The van der Waals surface area contributed by atoms with E-state index in [1.54, 1.807) is 13.8 Å². The van der Waals surface area contributed by atoms with Crippen molar-refractivity contribution in [2.75, 3.05) is 11.9 Å². The predicted octanol–water partition coefficient (Wildman–Crippen LogP) is 3.86. The van der Waals surface area contributed by atoms with Gasteiger partial charge in [0, 0.05) is 36.3 Å². The number of H-pyrrole nitrogens is 1. The lowest BCUT2D eigenvalue weighted by Crippen LogP contribution is -2.33. The third kappa shape index (κ3) is 4.40. The molecular weight excluding hydrogens is 432 g/mol. The number of benzene rings is 1. The fourth-order valence-corrected chi connectivity index (χ4v) is 4.47. The predicted molar refractivity (Wildman–Crippen MR) is 118 cm³/mol. The SMILES string of the molecule is Cc1[nH]c(/C=C2\C(=O)Nc3ccc(F)c(F)c32)c(C)c1C(=O)NCCC1CC(C)CC(=O)O1. The molecule has 2 aliphatic rings. The minimum atomic E-state index is -1.10. The number of ether oxygens (including phenoxy) is 1. The number of rotatable bonds is 5. The first-order valence-corrected chi connectivity index (χ1v) is 10.8. The van der Waals surface area contributed by atoms with E-state index in [9.17, 15) is 23.2 Å². The van der Waals surface area contributed by atoms with Crippen LogP contribution >= 0.6 is 0 Å².